The predicted molar refractivity (Wildman–Crippen MR) is 194 cm³/mol. The van der Waals surface area contributed by atoms with E-state index in [4.69, 9.17) is 0 Å². The molecule has 0 atom stereocenters. The molecule has 2 heterocycles. The number of benzene rings is 6. The second-order valence-corrected chi connectivity index (χ2v) is 13.4. The molecule has 0 bridgehead atoms. The Morgan fingerprint density at radius 1 is 0.364 bits per heavy atom. The van der Waals surface area contributed by atoms with Gasteiger partial charge >= 0.3 is 0 Å². The molecule has 2 aromatic heterocycles. The maximum Gasteiger partial charge on any atom is 0.0491 e. The van der Waals surface area contributed by atoms with E-state index in [1.54, 1.807) is 0 Å². The van der Waals surface area contributed by atoms with Crippen molar-refractivity contribution in [3.63, 3.8) is 0 Å². The molecule has 0 spiro atoms. The topological polar surface area (TPSA) is 9.86 Å². The first-order chi connectivity index (χ1) is 21.6. The van der Waals surface area contributed by atoms with E-state index < -0.39 is 0 Å². The maximum absolute atomic E-state index is 3.57. The lowest BCUT2D eigenvalue weighted by molar-refractivity contribution is 0.583. The molecule has 0 radical (unpaired) electrons. The zero-order valence-corrected chi connectivity index (χ0v) is 27.4. The summed E-state index contributed by atoms with van der Waals surface area (Å²) in [5.41, 5.74) is 10.2. The van der Waals surface area contributed by atoms with E-state index in [1.807, 2.05) is 0 Å². The molecule has 0 unspecified atom stereocenters. The third-order valence-corrected chi connectivity index (χ3v) is 9.97. The highest BCUT2D eigenvalue weighted by atomic mass is 79.9. The lowest BCUT2D eigenvalue weighted by Crippen LogP contribution is -2.02. The average Bonchev–Trinajstić information content (AvgIpc) is 3.55. The summed E-state index contributed by atoms with van der Waals surface area (Å²) in [4.78, 5) is 0. The first-order valence-electron chi connectivity index (χ1n) is 15.2. The first-order valence-corrected chi connectivity index (χ1v) is 16.8. The molecule has 0 saturated heterocycles. The summed E-state index contributed by atoms with van der Waals surface area (Å²) < 4.78 is 7.24. The summed E-state index contributed by atoms with van der Waals surface area (Å²) in [5.74, 6) is 0. The highest BCUT2D eigenvalue weighted by Crippen LogP contribution is 2.35. The van der Waals surface area contributed by atoms with Crippen molar-refractivity contribution < 1.29 is 0 Å². The summed E-state index contributed by atoms with van der Waals surface area (Å²) in [5, 5.41) is 5.30. The Kier molecular flexibility index (Phi) is 7.12. The summed E-state index contributed by atoms with van der Waals surface area (Å²) in [6, 6.07) is 48.7. The molecule has 8 rings (SSSR count). The van der Waals surface area contributed by atoms with E-state index in [1.165, 1.54) is 65.9 Å². The molecule has 0 N–H and O–H groups in total. The van der Waals surface area contributed by atoms with Gasteiger partial charge in [0.15, 0.2) is 0 Å². The van der Waals surface area contributed by atoms with Gasteiger partial charge in [-0.3, -0.25) is 0 Å². The van der Waals surface area contributed by atoms with Crippen molar-refractivity contribution in [2.24, 2.45) is 0 Å². The highest BCUT2D eigenvalue weighted by molar-refractivity contribution is 9.10. The van der Waals surface area contributed by atoms with Crippen LogP contribution in [0.5, 0.6) is 0 Å². The van der Waals surface area contributed by atoms with Crippen molar-refractivity contribution in [2.45, 2.75) is 25.9 Å². The molecule has 0 aliphatic rings. The van der Waals surface area contributed by atoms with Crippen molar-refractivity contribution in [1.82, 2.24) is 9.13 Å². The fourth-order valence-electron chi connectivity index (χ4n) is 6.77. The van der Waals surface area contributed by atoms with E-state index in [2.05, 4.69) is 174 Å². The molecule has 2 nitrogen and oxygen atoms in total. The Bertz CT molecular complexity index is 2120. The number of aryl methyl sites for hydroxylation is 2. The van der Waals surface area contributed by atoms with Crippen LogP contribution in [0.15, 0.2) is 142 Å². The van der Waals surface area contributed by atoms with E-state index in [0.29, 0.717) is 0 Å². The largest absolute Gasteiger partial charge is 0.340 e. The van der Waals surface area contributed by atoms with Crippen LogP contribution in [0.25, 0.3) is 65.9 Å². The number of hydrogen-bond donors (Lipinski definition) is 0. The molecule has 44 heavy (non-hydrogen) atoms. The van der Waals surface area contributed by atoms with Gasteiger partial charge in [0.1, 0.15) is 0 Å². The van der Waals surface area contributed by atoms with Gasteiger partial charge in [-0.25, -0.2) is 0 Å². The third-order valence-electron chi connectivity index (χ3n) is 8.91. The molecule has 0 fully saturated rings. The Morgan fingerprint density at radius 3 is 1.16 bits per heavy atom. The second-order valence-electron chi connectivity index (χ2n) is 11.5. The lowest BCUT2D eigenvalue weighted by atomic mass is 10.0. The number of aromatic nitrogens is 2. The third kappa shape index (κ3) is 4.87. The Morgan fingerprint density at radius 2 is 0.727 bits per heavy atom. The van der Waals surface area contributed by atoms with Crippen molar-refractivity contribution >= 4 is 75.5 Å². The molecule has 0 aliphatic heterocycles. The molecule has 0 saturated carbocycles. The zero-order valence-electron chi connectivity index (χ0n) is 24.2. The van der Waals surface area contributed by atoms with E-state index in [9.17, 15) is 0 Å². The van der Waals surface area contributed by atoms with Crippen LogP contribution < -0.4 is 0 Å². The van der Waals surface area contributed by atoms with Gasteiger partial charge < -0.3 is 9.13 Å². The molecule has 6 aromatic carbocycles. The number of unbranched alkanes of at least 4 members (excludes halogenated alkanes) is 1. The SMILES string of the molecule is Brc1ccc(-c2ccc3c(c2)c2ccccc2n3CCCCn2c3ccccc3c3cc(-c4ccc(Br)cc4)ccc32)cc1. The Balaban J connectivity index is 1.08. The molecule has 0 amide bonds. The van der Waals surface area contributed by atoms with Gasteiger partial charge in [0.25, 0.3) is 0 Å². The number of rotatable bonds is 7. The van der Waals surface area contributed by atoms with Gasteiger partial charge in [-0.05, 0) is 95.8 Å². The average molecular weight is 699 g/mol. The molecule has 4 heteroatoms. The molecule has 8 aromatic rings. The van der Waals surface area contributed by atoms with Crippen molar-refractivity contribution in [2.75, 3.05) is 0 Å². The van der Waals surface area contributed by atoms with E-state index in [0.717, 1.165) is 34.9 Å². The van der Waals surface area contributed by atoms with Gasteiger partial charge in [0.05, 0.1) is 0 Å². The number of fused-ring (bicyclic) bond motifs is 6. The maximum atomic E-state index is 3.57. The van der Waals surface area contributed by atoms with Crippen LogP contribution in [0.4, 0.5) is 0 Å². The lowest BCUT2D eigenvalue weighted by Gasteiger charge is -2.11. The van der Waals surface area contributed by atoms with E-state index >= 15 is 0 Å². The molecular formula is C40H30Br2N2. The van der Waals surface area contributed by atoms with Crippen LogP contribution in [-0.2, 0) is 13.1 Å². The van der Waals surface area contributed by atoms with Crippen LogP contribution >= 0.6 is 31.9 Å². The van der Waals surface area contributed by atoms with Gasteiger partial charge in [-0.2, -0.15) is 0 Å². The standard InChI is InChI=1S/C40H30Br2N2/c41-31-17-11-27(12-18-31)29-15-21-39-35(25-29)33-7-1-3-9-37(33)43(39)23-5-6-24-44-38-10-4-2-8-34(38)36-26-30(16-22-40(36)44)28-13-19-32(42)20-14-28/h1-4,7-22,25-26H,5-6,23-24H2. The monoisotopic (exact) mass is 696 g/mol. The number of halogens is 2. The normalized spacial score (nSPS) is 11.8. The van der Waals surface area contributed by atoms with Gasteiger partial charge in [-0.1, -0.05) is 105 Å². The first kappa shape index (κ1) is 27.4. The van der Waals surface area contributed by atoms with E-state index in [-0.39, 0.29) is 0 Å². The fraction of sp³-hybridized carbons (Fsp3) is 0.100. The van der Waals surface area contributed by atoms with Crippen LogP contribution in [0.3, 0.4) is 0 Å². The van der Waals surface area contributed by atoms with Crippen molar-refractivity contribution in [3.05, 3.63) is 142 Å². The number of hydrogen-bond acceptors (Lipinski definition) is 0. The van der Waals surface area contributed by atoms with Crippen molar-refractivity contribution in [1.29, 1.82) is 0 Å². The minimum absolute atomic E-state index is 0.993. The minimum atomic E-state index is 0.993. The molecular weight excluding hydrogens is 668 g/mol. The number of para-hydroxylation sites is 2. The number of nitrogens with zero attached hydrogens (tertiary/aromatic N) is 2. The second kappa shape index (κ2) is 11.4. The fourth-order valence-corrected chi connectivity index (χ4v) is 7.30. The van der Waals surface area contributed by atoms with Gasteiger partial charge in [-0.15, -0.1) is 0 Å². The summed E-state index contributed by atoms with van der Waals surface area (Å²) in [7, 11) is 0. The molecule has 214 valence electrons. The highest BCUT2D eigenvalue weighted by Gasteiger charge is 2.14. The smallest absolute Gasteiger partial charge is 0.0491 e. The Labute approximate surface area is 273 Å². The van der Waals surface area contributed by atoms with Gasteiger partial charge in [0.2, 0.25) is 0 Å². The van der Waals surface area contributed by atoms with Crippen LogP contribution in [0.1, 0.15) is 12.8 Å². The van der Waals surface area contributed by atoms with Crippen molar-refractivity contribution in [3.8, 4) is 22.3 Å². The Hall–Kier alpha value is -4.12. The van der Waals surface area contributed by atoms with Crippen LogP contribution in [0.2, 0.25) is 0 Å². The predicted octanol–water partition coefficient (Wildman–Crippen LogP) is 12.2. The van der Waals surface area contributed by atoms with Crippen LogP contribution in [0, 0.1) is 0 Å². The quantitative estimate of drug-likeness (QED) is 0.147. The van der Waals surface area contributed by atoms with Crippen LogP contribution in [-0.4, -0.2) is 9.13 Å². The summed E-state index contributed by atoms with van der Waals surface area (Å²) >= 11 is 7.13. The zero-order chi connectivity index (χ0) is 29.6. The summed E-state index contributed by atoms with van der Waals surface area (Å²) in [6.45, 7) is 1.99. The minimum Gasteiger partial charge on any atom is -0.340 e. The summed E-state index contributed by atoms with van der Waals surface area (Å²) in [6.07, 6.45) is 2.21. The van der Waals surface area contributed by atoms with Gasteiger partial charge in [0, 0.05) is 65.6 Å². The molecule has 0 aliphatic carbocycles.